The number of amides is 1. The molecule has 0 aliphatic heterocycles. The summed E-state index contributed by atoms with van der Waals surface area (Å²) < 4.78 is 11.7. The fraction of sp³-hybridized carbons (Fsp3) is 0.300. The zero-order valence-electron chi connectivity index (χ0n) is 15.9. The second-order valence-electron chi connectivity index (χ2n) is 6.23. The van der Waals surface area contributed by atoms with Crippen LogP contribution in [0.5, 0.6) is 11.5 Å². The summed E-state index contributed by atoms with van der Waals surface area (Å²) in [5.74, 6) is 1.12. The summed E-state index contributed by atoms with van der Waals surface area (Å²) in [6.45, 7) is 2.29. The van der Waals surface area contributed by atoms with Gasteiger partial charge in [0.2, 0.25) is 5.91 Å². The second kappa shape index (κ2) is 8.37. The van der Waals surface area contributed by atoms with E-state index in [1.807, 2.05) is 30.1 Å². The number of rotatable bonds is 7. The van der Waals surface area contributed by atoms with Crippen LogP contribution in [-0.4, -0.2) is 43.6 Å². The predicted octanol–water partition coefficient (Wildman–Crippen LogP) is 3.95. The summed E-state index contributed by atoms with van der Waals surface area (Å²) in [5, 5.41) is 3.89. The van der Waals surface area contributed by atoms with Gasteiger partial charge in [0.05, 0.1) is 42.7 Å². The van der Waals surface area contributed by atoms with Gasteiger partial charge >= 0.3 is 0 Å². The number of anilines is 1. The summed E-state index contributed by atoms with van der Waals surface area (Å²) in [6.07, 6.45) is 0. The number of hydrogen-bond donors (Lipinski definition) is 1. The van der Waals surface area contributed by atoms with Gasteiger partial charge in [-0.1, -0.05) is 12.1 Å². The molecule has 0 unspecified atom stereocenters. The highest BCUT2D eigenvalue weighted by atomic mass is 32.1. The molecule has 1 heterocycles. The first-order valence-electron chi connectivity index (χ1n) is 8.59. The number of nitrogens with zero attached hydrogens (tertiary/aromatic N) is 2. The molecule has 1 atom stereocenters. The highest BCUT2D eigenvalue weighted by molar-refractivity contribution is 7.18. The zero-order valence-corrected chi connectivity index (χ0v) is 16.7. The lowest BCUT2D eigenvalue weighted by atomic mass is 10.2. The Morgan fingerprint density at radius 3 is 2.70 bits per heavy atom. The van der Waals surface area contributed by atoms with Crippen LogP contribution in [0.2, 0.25) is 0 Å². The Hall–Kier alpha value is -2.64. The Morgan fingerprint density at radius 2 is 2.00 bits per heavy atom. The Morgan fingerprint density at radius 1 is 1.22 bits per heavy atom. The molecule has 3 rings (SSSR count). The van der Waals surface area contributed by atoms with Crippen LogP contribution in [0.15, 0.2) is 42.5 Å². The van der Waals surface area contributed by atoms with E-state index in [0.29, 0.717) is 17.2 Å². The van der Waals surface area contributed by atoms with Crippen LogP contribution >= 0.6 is 11.3 Å². The molecule has 0 spiro atoms. The van der Waals surface area contributed by atoms with E-state index in [-0.39, 0.29) is 18.5 Å². The number of likely N-dealkylation sites (N-methyl/N-ethyl adjacent to an activating group) is 1. The van der Waals surface area contributed by atoms with Crippen molar-refractivity contribution in [2.24, 2.45) is 0 Å². The van der Waals surface area contributed by atoms with Crippen molar-refractivity contribution in [3.63, 3.8) is 0 Å². The summed E-state index contributed by atoms with van der Waals surface area (Å²) >= 11 is 1.65. The SMILES string of the molecule is COc1ccc(OC)c(NC(=O)CN(C)[C@H](C)c2nc3ccccc3s2)c1. The number of nitrogens with one attached hydrogen (secondary N) is 1. The van der Waals surface area contributed by atoms with Crippen molar-refractivity contribution in [3.8, 4) is 11.5 Å². The van der Waals surface area contributed by atoms with E-state index in [1.165, 1.54) is 0 Å². The fourth-order valence-corrected chi connectivity index (χ4v) is 3.81. The van der Waals surface area contributed by atoms with E-state index in [2.05, 4.69) is 23.3 Å². The summed E-state index contributed by atoms with van der Waals surface area (Å²) in [6, 6.07) is 13.4. The van der Waals surface area contributed by atoms with Gasteiger partial charge in [0.25, 0.3) is 0 Å². The highest BCUT2D eigenvalue weighted by Gasteiger charge is 2.19. The maximum atomic E-state index is 12.5. The van der Waals surface area contributed by atoms with Crippen molar-refractivity contribution in [2.75, 3.05) is 33.1 Å². The molecule has 2 aromatic carbocycles. The smallest absolute Gasteiger partial charge is 0.238 e. The summed E-state index contributed by atoms with van der Waals surface area (Å²) in [7, 11) is 5.07. The monoisotopic (exact) mass is 385 g/mol. The van der Waals surface area contributed by atoms with E-state index < -0.39 is 0 Å². The van der Waals surface area contributed by atoms with Crippen LogP contribution in [0.25, 0.3) is 10.2 Å². The van der Waals surface area contributed by atoms with Crippen molar-refractivity contribution in [2.45, 2.75) is 13.0 Å². The number of para-hydroxylation sites is 1. The van der Waals surface area contributed by atoms with Crippen LogP contribution in [-0.2, 0) is 4.79 Å². The molecular weight excluding hydrogens is 362 g/mol. The van der Waals surface area contributed by atoms with Crippen LogP contribution in [0.3, 0.4) is 0 Å². The average Bonchev–Trinajstić information content (AvgIpc) is 3.11. The molecule has 1 amide bonds. The molecule has 0 bridgehead atoms. The first-order chi connectivity index (χ1) is 13.0. The van der Waals surface area contributed by atoms with Crippen LogP contribution in [0.4, 0.5) is 5.69 Å². The molecule has 0 saturated heterocycles. The van der Waals surface area contributed by atoms with Crippen molar-refractivity contribution < 1.29 is 14.3 Å². The van der Waals surface area contributed by atoms with Gasteiger partial charge in [-0.15, -0.1) is 11.3 Å². The van der Waals surface area contributed by atoms with Gasteiger partial charge in [-0.3, -0.25) is 9.69 Å². The quantitative estimate of drug-likeness (QED) is 0.667. The van der Waals surface area contributed by atoms with E-state index in [1.54, 1.807) is 43.8 Å². The van der Waals surface area contributed by atoms with E-state index in [4.69, 9.17) is 9.47 Å². The lowest BCUT2D eigenvalue weighted by Crippen LogP contribution is -2.32. The second-order valence-corrected chi connectivity index (χ2v) is 7.29. The molecule has 3 aromatic rings. The maximum Gasteiger partial charge on any atom is 0.238 e. The Labute approximate surface area is 162 Å². The molecule has 1 aromatic heterocycles. The number of thiazole rings is 1. The minimum atomic E-state index is -0.128. The predicted molar refractivity (Wildman–Crippen MR) is 109 cm³/mol. The lowest BCUT2D eigenvalue weighted by Gasteiger charge is -2.22. The number of aromatic nitrogens is 1. The van der Waals surface area contributed by atoms with Gasteiger partial charge in [-0.25, -0.2) is 4.98 Å². The minimum absolute atomic E-state index is 0.0281. The summed E-state index contributed by atoms with van der Waals surface area (Å²) in [5.41, 5.74) is 1.58. The number of ether oxygens (including phenoxy) is 2. The first-order valence-corrected chi connectivity index (χ1v) is 9.41. The summed E-state index contributed by atoms with van der Waals surface area (Å²) in [4.78, 5) is 19.2. The third-order valence-corrected chi connectivity index (χ3v) is 5.61. The standard InChI is InChI=1S/C20H23N3O3S/c1-13(20-22-15-7-5-6-8-18(15)27-20)23(2)12-19(24)21-16-11-14(25-3)9-10-17(16)26-4/h5-11,13H,12H2,1-4H3,(H,21,24)/t13-/m1/s1. The molecule has 0 saturated carbocycles. The van der Waals surface area contributed by atoms with Gasteiger partial charge in [-0.2, -0.15) is 0 Å². The fourth-order valence-electron chi connectivity index (χ4n) is 2.72. The maximum absolute atomic E-state index is 12.5. The van der Waals surface area contributed by atoms with E-state index in [9.17, 15) is 4.79 Å². The molecule has 1 N–H and O–H groups in total. The minimum Gasteiger partial charge on any atom is -0.497 e. The molecule has 0 radical (unpaired) electrons. The molecule has 142 valence electrons. The number of carbonyl (C=O) groups excluding carboxylic acids is 1. The average molecular weight is 385 g/mol. The van der Waals surface area contributed by atoms with E-state index in [0.717, 1.165) is 15.2 Å². The number of carbonyl (C=O) groups is 1. The Balaban J connectivity index is 1.68. The third kappa shape index (κ3) is 4.37. The largest absolute Gasteiger partial charge is 0.497 e. The van der Waals surface area contributed by atoms with Gasteiger partial charge < -0.3 is 14.8 Å². The molecule has 0 aliphatic carbocycles. The van der Waals surface area contributed by atoms with Crippen molar-refractivity contribution in [1.82, 2.24) is 9.88 Å². The number of methoxy groups -OCH3 is 2. The van der Waals surface area contributed by atoms with Crippen LogP contribution in [0, 0.1) is 0 Å². The normalized spacial score (nSPS) is 12.2. The zero-order chi connectivity index (χ0) is 19.4. The number of fused-ring (bicyclic) bond motifs is 1. The number of benzene rings is 2. The lowest BCUT2D eigenvalue weighted by molar-refractivity contribution is -0.117. The molecular formula is C20H23N3O3S. The van der Waals surface area contributed by atoms with Crippen LogP contribution in [0.1, 0.15) is 18.0 Å². The van der Waals surface area contributed by atoms with Gasteiger partial charge in [0.1, 0.15) is 16.5 Å². The topological polar surface area (TPSA) is 63.7 Å². The molecule has 6 nitrogen and oxygen atoms in total. The van der Waals surface area contributed by atoms with Gasteiger partial charge in [0.15, 0.2) is 0 Å². The third-order valence-electron chi connectivity index (χ3n) is 4.40. The first kappa shape index (κ1) is 19.1. The molecule has 27 heavy (non-hydrogen) atoms. The van der Waals surface area contributed by atoms with E-state index >= 15 is 0 Å². The van der Waals surface area contributed by atoms with Crippen molar-refractivity contribution in [1.29, 1.82) is 0 Å². The number of hydrogen-bond acceptors (Lipinski definition) is 6. The van der Waals surface area contributed by atoms with Crippen molar-refractivity contribution in [3.05, 3.63) is 47.5 Å². The molecule has 0 fully saturated rings. The van der Waals surface area contributed by atoms with Gasteiger partial charge in [0, 0.05) is 6.07 Å². The molecule has 0 aliphatic rings. The Kier molecular flexibility index (Phi) is 5.93. The van der Waals surface area contributed by atoms with Crippen molar-refractivity contribution >= 4 is 33.1 Å². The van der Waals surface area contributed by atoms with Crippen LogP contribution < -0.4 is 14.8 Å². The highest BCUT2D eigenvalue weighted by Crippen LogP contribution is 2.30. The van der Waals surface area contributed by atoms with Gasteiger partial charge in [-0.05, 0) is 38.2 Å². The molecule has 7 heteroatoms. The Bertz CT molecular complexity index is 908.